The molecule has 2 nitrogen and oxygen atoms in total. The standard InChI is InChI=1S/C35H27FO2/c36-30-23-21-27(22-24-30)31(32(25-13-5-1-6-14-25)34(37)28-17-9-3-10-18-28)33(26-15-7-2-8-16-26)35(38)29-19-11-4-12-20-29/h1-24,31-33H. The molecule has 0 aliphatic heterocycles. The number of carbonyl (C=O) groups excluding carboxylic acids is 2. The fourth-order valence-electron chi connectivity index (χ4n) is 5.19. The third-order valence-corrected chi connectivity index (χ3v) is 6.97. The summed E-state index contributed by atoms with van der Waals surface area (Å²) in [6.45, 7) is 0. The number of ketones is 2. The van der Waals surface area contributed by atoms with Gasteiger partial charge in [-0.25, -0.2) is 4.39 Å². The summed E-state index contributed by atoms with van der Waals surface area (Å²) in [6, 6.07) is 43.6. The van der Waals surface area contributed by atoms with Gasteiger partial charge in [0.25, 0.3) is 0 Å². The van der Waals surface area contributed by atoms with Crippen molar-refractivity contribution in [2.45, 2.75) is 17.8 Å². The van der Waals surface area contributed by atoms with Crippen LogP contribution in [0.25, 0.3) is 0 Å². The second-order valence-electron chi connectivity index (χ2n) is 9.31. The van der Waals surface area contributed by atoms with Crippen LogP contribution in [0.5, 0.6) is 0 Å². The summed E-state index contributed by atoms with van der Waals surface area (Å²) >= 11 is 0. The zero-order chi connectivity index (χ0) is 26.3. The first kappa shape index (κ1) is 25.0. The third kappa shape index (κ3) is 5.37. The van der Waals surface area contributed by atoms with Crippen LogP contribution in [0.1, 0.15) is 55.2 Å². The van der Waals surface area contributed by atoms with Crippen molar-refractivity contribution in [3.8, 4) is 0 Å². The molecule has 0 heterocycles. The number of hydrogen-bond donors (Lipinski definition) is 0. The van der Waals surface area contributed by atoms with Crippen molar-refractivity contribution >= 4 is 11.6 Å². The van der Waals surface area contributed by atoms with Gasteiger partial charge in [-0.15, -0.1) is 0 Å². The molecule has 0 amide bonds. The van der Waals surface area contributed by atoms with E-state index in [1.165, 1.54) is 12.1 Å². The van der Waals surface area contributed by atoms with Crippen molar-refractivity contribution in [2.75, 3.05) is 0 Å². The van der Waals surface area contributed by atoms with Crippen molar-refractivity contribution in [3.63, 3.8) is 0 Å². The van der Waals surface area contributed by atoms with Gasteiger partial charge in [0, 0.05) is 17.0 Å². The molecule has 0 radical (unpaired) electrons. The summed E-state index contributed by atoms with van der Waals surface area (Å²) in [5.41, 5.74) is 3.46. The van der Waals surface area contributed by atoms with Gasteiger partial charge in [-0.05, 0) is 28.8 Å². The Bertz CT molecular complexity index is 1390. The highest BCUT2D eigenvalue weighted by atomic mass is 19.1. The molecule has 0 aromatic heterocycles. The van der Waals surface area contributed by atoms with Gasteiger partial charge in [0.05, 0.1) is 11.8 Å². The van der Waals surface area contributed by atoms with Crippen LogP contribution in [-0.2, 0) is 0 Å². The topological polar surface area (TPSA) is 34.1 Å². The Balaban J connectivity index is 1.78. The van der Waals surface area contributed by atoms with E-state index >= 15 is 0 Å². The van der Waals surface area contributed by atoms with Crippen LogP contribution < -0.4 is 0 Å². The molecule has 2 atom stereocenters. The fraction of sp³-hybridized carbons (Fsp3) is 0.0857. The Hall–Kier alpha value is -4.63. The van der Waals surface area contributed by atoms with Crippen LogP contribution >= 0.6 is 0 Å². The summed E-state index contributed by atoms with van der Waals surface area (Å²) in [4.78, 5) is 28.7. The van der Waals surface area contributed by atoms with Crippen LogP contribution in [0.15, 0.2) is 146 Å². The molecule has 0 fully saturated rings. The van der Waals surface area contributed by atoms with E-state index < -0.39 is 17.8 Å². The maximum atomic E-state index is 14.3. The fourth-order valence-corrected chi connectivity index (χ4v) is 5.19. The number of halogens is 1. The molecule has 0 N–H and O–H groups in total. The SMILES string of the molecule is O=C(c1ccccc1)C(c1ccccc1)C(c1ccc(F)cc1)C(C(=O)c1ccccc1)c1ccccc1. The molecule has 0 saturated heterocycles. The number of rotatable bonds is 9. The summed E-state index contributed by atoms with van der Waals surface area (Å²) in [5, 5.41) is 0. The van der Waals surface area contributed by atoms with Gasteiger partial charge in [-0.3, -0.25) is 9.59 Å². The lowest BCUT2D eigenvalue weighted by Gasteiger charge is -2.34. The highest BCUT2D eigenvalue weighted by molar-refractivity contribution is 6.05. The summed E-state index contributed by atoms with van der Waals surface area (Å²) in [7, 11) is 0. The molecule has 5 aromatic carbocycles. The average Bonchev–Trinajstić information content (AvgIpc) is 2.99. The second kappa shape index (κ2) is 11.6. The second-order valence-corrected chi connectivity index (χ2v) is 9.31. The van der Waals surface area contributed by atoms with Crippen molar-refractivity contribution in [1.29, 1.82) is 0 Å². The smallest absolute Gasteiger partial charge is 0.170 e. The van der Waals surface area contributed by atoms with Crippen LogP contribution in [0.4, 0.5) is 4.39 Å². The van der Waals surface area contributed by atoms with E-state index in [1.807, 2.05) is 97.1 Å². The average molecular weight is 499 g/mol. The quantitative estimate of drug-likeness (QED) is 0.192. The molecule has 0 aliphatic carbocycles. The summed E-state index contributed by atoms with van der Waals surface area (Å²) in [6.07, 6.45) is 0. The Morgan fingerprint density at radius 3 is 1.13 bits per heavy atom. The van der Waals surface area contributed by atoms with Gasteiger partial charge in [0.1, 0.15) is 5.82 Å². The zero-order valence-corrected chi connectivity index (χ0v) is 20.8. The molecular weight excluding hydrogens is 471 g/mol. The minimum absolute atomic E-state index is 0.0899. The highest BCUT2D eigenvalue weighted by Crippen LogP contribution is 2.46. The van der Waals surface area contributed by atoms with E-state index in [0.717, 1.165) is 16.7 Å². The molecule has 0 bridgehead atoms. The lowest BCUT2D eigenvalue weighted by molar-refractivity contribution is 0.0899. The van der Waals surface area contributed by atoms with Gasteiger partial charge in [-0.2, -0.15) is 0 Å². The van der Waals surface area contributed by atoms with Crippen LogP contribution in [-0.4, -0.2) is 11.6 Å². The van der Waals surface area contributed by atoms with Gasteiger partial charge in [0.15, 0.2) is 11.6 Å². The first-order chi connectivity index (χ1) is 18.6. The Morgan fingerprint density at radius 1 is 0.421 bits per heavy atom. The molecule has 0 aliphatic rings. The van der Waals surface area contributed by atoms with Crippen molar-refractivity contribution in [2.24, 2.45) is 0 Å². The largest absolute Gasteiger partial charge is 0.293 e. The normalized spacial score (nSPS) is 13.3. The maximum Gasteiger partial charge on any atom is 0.170 e. The first-order valence-electron chi connectivity index (χ1n) is 12.7. The van der Waals surface area contributed by atoms with Crippen LogP contribution in [0, 0.1) is 5.82 Å². The number of carbonyl (C=O) groups is 2. The number of benzene rings is 5. The molecule has 5 aromatic rings. The van der Waals surface area contributed by atoms with E-state index in [4.69, 9.17) is 0 Å². The Kier molecular flexibility index (Phi) is 7.65. The summed E-state index contributed by atoms with van der Waals surface area (Å²) in [5.74, 6) is -2.53. The predicted octanol–water partition coefficient (Wildman–Crippen LogP) is 8.24. The maximum absolute atomic E-state index is 14.3. The molecule has 2 unspecified atom stereocenters. The molecule has 38 heavy (non-hydrogen) atoms. The van der Waals surface area contributed by atoms with Gasteiger partial charge < -0.3 is 0 Å². The third-order valence-electron chi connectivity index (χ3n) is 6.97. The van der Waals surface area contributed by atoms with E-state index in [-0.39, 0.29) is 17.4 Å². The summed E-state index contributed by atoms with van der Waals surface area (Å²) < 4.78 is 14.1. The van der Waals surface area contributed by atoms with Crippen molar-refractivity contribution < 1.29 is 14.0 Å². The molecule has 3 heteroatoms. The molecule has 0 spiro atoms. The van der Waals surface area contributed by atoms with Crippen molar-refractivity contribution in [1.82, 2.24) is 0 Å². The lowest BCUT2D eigenvalue weighted by Crippen LogP contribution is -2.30. The highest BCUT2D eigenvalue weighted by Gasteiger charge is 2.41. The zero-order valence-electron chi connectivity index (χ0n) is 20.8. The van der Waals surface area contributed by atoms with Crippen LogP contribution in [0.3, 0.4) is 0 Å². The van der Waals surface area contributed by atoms with Crippen molar-refractivity contribution in [3.05, 3.63) is 179 Å². The molecule has 5 rings (SSSR count). The Morgan fingerprint density at radius 2 is 0.763 bits per heavy atom. The minimum atomic E-state index is -0.693. The molecule has 0 saturated carbocycles. The Labute approximate surface area is 222 Å². The van der Waals surface area contributed by atoms with E-state index in [9.17, 15) is 14.0 Å². The van der Waals surface area contributed by atoms with Gasteiger partial charge in [-0.1, -0.05) is 133 Å². The molecule has 186 valence electrons. The van der Waals surface area contributed by atoms with E-state index in [1.54, 1.807) is 36.4 Å². The first-order valence-corrected chi connectivity index (χ1v) is 12.7. The molecular formula is C35H27FO2. The van der Waals surface area contributed by atoms with E-state index in [0.29, 0.717) is 11.1 Å². The van der Waals surface area contributed by atoms with E-state index in [2.05, 4.69) is 0 Å². The van der Waals surface area contributed by atoms with Gasteiger partial charge >= 0.3 is 0 Å². The predicted molar refractivity (Wildman–Crippen MR) is 149 cm³/mol. The minimum Gasteiger partial charge on any atom is -0.293 e. The number of hydrogen-bond acceptors (Lipinski definition) is 2. The monoisotopic (exact) mass is 498 g/mol. The lowest BCUT2D eigenvalue weighted by atomic mass is 9.67. The number of Topliss-reactive ketones (excluding diaryl/α,β-unsaturated/α-hetero) is 2. The van der Waals surface area contributed by atoms with Gasteiger partial charge in [0.2, 0.25) is 0 Å². The van der Waals surface area contributed by atoms with Crippen LogP contribution in [0.2, 0.25) is 0 Å².